The summed E-state index contributed by atoms with van der Waals surface area (Å²) >= 11 is 0. The van der Waals surface area contributed by atoms with Crippen molar-refractivity contribution in [3.05, 3.63) is 0 Å². The molecule has 2 fully saturated rings. The summed E-state index contributed by atoms with van der Waals surface area (Å²) in [5, 5.41) is 9.63. The standard InChI is InChI=1S/C17H31N5O2.HI/c1-3-15(23)22-11-8-14(12-22)21-17(18-2)20-10-5-9-19-16(24)13-6-4-7-13;/h13-14H,3-12H2,1-2H3,(H,19,24)(H2,18,20,21);1H. The summed E-state index contributed by atoms with van der Waals surface area (Å²) in [6.07, 6.45) is 5.64. The maximum atomic E-state index is 11.7. The monoisotopic (exact) mass is 465 g/mol. The highest BCUT2D eigenvalue weighted by Gasteiger charge is 2.26. The first kappa shape index (κ1) is 22.0. The second kappa shape index (κ2) is 11.5. The molecular weight excluding hydrogens is 433 g/mol. The molecule has 0 aromatic heterocycles. The van der Waals surface area contributed by atoms with Gasteiger partial charge in [-0.05, 0) is 25.7 Å². The van der Waals surface area contributed by atoms with Gasteiger partial charge in [0.05, 0.1) is 0 Å². The van der Waals surface area contributed by atoms with Crippen LogP contribution in [0.25, 0.3) is 0 Å². The maximum Gasteiger partial charge on any atom is 0.223 e. The van der Waals surface area contributed by atoms with Crippen LogP contribution in [0, 0.1) is 5.92 Å². The van der Waals surface area contributed by atoms with Gasteiger partial charge in [-0.1, -0.05) is 13.3 Å². The molecular formula is C17H32IN5O2. The molecule has 2 aliphatic rings. The van der Waals surface area contributed by atoms with Gasteiger partial charge in [0.15, 0.2) is 5.96 Å². The number of amides is 2. The van der Waals surface area contributed by atoms with Crippen molar-refractivity contribution in [2.24, 2.45) is 10.9 Å². The van der Waals surface area contributed by atoms with Crippen molar-refractivity contribution < 1.29 is 9.59 Å². The highest BCUT2D eigenvalue weighted by atomic mass is 127. The van der Waals surface area contributed by atoms with E-state index < -0.39 is 0 Å². The molecule has 1 atom stereocenters. The Labute approximate surface area is 167 Å². The molecule has 0 bridgehead atoms. The average molecular weight is 465 g/mol. The largest absolute Gasteiger partial charge is 0.356 e. The van der Waals surface area contributed by atoms with Crippen LogP contribution in [0.15, 0.2) is 4.99 Å². The summed E-state index contributed by atoms with van der Waals surface area (Å²) in [4.78, 5) is 29.6. The van der Waals surface area contributed by atoms with E-state index in [1.807, 2.05) is 11.8 Å². The van der Waals surface area contributed by atoms with Crippen LogP contribution in [0.3, 0.4) is 0 Å². The highest BCUT2D eigenvalue weighted by Crippen LogP contribution is 2.25. The molecule has 1 saturated carbocycles. The Bertz CT molecular complexity index is 468. The second-order valence-electron chi connectivity index (χ2n) is 6.59. The van der Waals surface area contributed by atoms with Crippen molar-refractivity contribution in [1.82, 2.24) is 20.9 Å². The van der Waals surface area contributed by atoms with E-state index in [-0.39, 0.29) is 47.8 Å². The molecule has 144 valence electrons. The molecule has 3 N–H and O–H groups in total. The van der Waals surface area contributed by atoms with E-state index in [1.165, 1.54) is 6.42 Å². The van der Waals surface area contributed by atoms with Gasteiger partial charge in [0.25, 0.3) is 0 Å². The second-order valence-corrected chi connectivity index (χ2v) is 6.59. The van der Waals surface area contributed by atoms with Crippen LogP contribution < -0.4 is 16.0 Å². The van der Waals surface area contributed by atoms with Crippen LogP contribution in [0.1, 0.15) is 45.4 Å². The van der Waals surface area contributed by atoms with E-state index in [9.17, 15) is 9.59 Å². The Morgan fingerprint density at radius 2 is 1.88 bits per heavy atom. The average Bonchev–Trinajstić information content (AvgIpc) is 2.99. The van der Waals surface area contributed by atoms with E-state index >= 15 is 0 Å². The smallest absolute Gasteiger partial charge is 0.223 e. The number of aliphatic imine (C=N–C) groups is 1. The number of hydrogen-bond acceptors (Lipinski definition) is 3. The lowest BCUT2D eigenvalue weighted by molar-refractivity contribution is -0.130. The molecule has 1 aliphatic carbocycles. The normalized spacial score (nSPS) is 20.5. The lowest BCUT2D eigenvalue weighted by Gasteiger charge is -2.24. The predicted molar refractivity (Wildman–Crippen MR) is 110 cm³/mol. The number of guanidine groups is 1. The van der Waals surface area contributed by atoms with Crippen LogP contribution in [-0.4, -0.2) is 61.9 Å². The van der Waals surface area contributed by atoms with E-state index in [0.717, 1.165) is 51.3 Å². The van der Waals surface area contributed by atoms with Crippen molar-refractivity contribution in [2.75, 3.05) is 33.2 Å². The molecule has 1 aliphatic heterocycles. The molecule has 0 aromatic carbocycles. The van der Waals surface area contributed by atoms with Gasteiger partial charge in [-0.15, -0.1) is 24.0 Å². The minimum Gasteiger partial charge on any atom is -0.356 e. The minimum absolute atomic E-state index is 0. The number of nitrogens with one attached hydrogen (secondary N) is 3. The summed E-state index contributed by atoms with van der Waals surface area (Å²) in [7, 11) is 1.75. The SMILES string of the molecule is CCC(=O)N1CCC(NC(=NC)NCCCNC(=O)C2CCC2)C1.I. The summed E-state index contributed by atoms with van der Waals surface area (Å²) in [5.41, 5.74) is 0. The lowest BCUT2D eigenvalue weighted by Crippen LogP contribution is -2.45. The quantitative estimate of drug-likeness (QED) is 0.228. The van der Waals surface area contributed by atoms with Gasteiger partial charge >= 0.3 is 0 Å². The fourth-order valence-corrected chi connectivity index (χ4v) is 3.04. The van der Waals surface area contributed by atoms with Gasteiger partial charge in [-0.25, -0.2) is 0 Å². The number of carbonyl (C=O) groups is 2. The van der Waals surface area contributed by atoms with Crippen LogP contribution in [0.5, 0.6) is 0 Å². The fraction of sp³-hybridized carbons (Fsp3) is 0.824. The first-order valence-corrected chi connectivity index (χ1v) is 9.16. The number of carbonyl (C=O) groups excluding carboxylic acids is 2. The van der Waals surface area contributed by atoms with Gasteiger partial charge in [-0.2, -0.15) is 0 Å². The third-order valence-corrected chi connectivity index (χ3v) is 4.83. The van der Waals surface area contributed by atoms with E-state index in [4.69, 9.17) is 0 Å². The topological polar surface area (TPSA) is 85.8 Å². The summed E-state index contributed by atoms with van der Waals surface area (Å²) in [6.45, 7) is 4.91. The number of nitrogens with zero attached hydrogens (tertiary/aromatic N) is 2. The summed E-state index contributed by atoms with van der Waals surface area (Å²) in [5.74, 6) is 1.43. The van der Waals surface area contributed by atoms with Crippen LogP contribution in [-0.2, 0) is 9.59 Å². The molecule has 1 unspecified atom stereocenters. The van der Waals surface area contributed by atoms with Crippen LogP contribution >= 0.6 is 24.0 Å². The van der Waals surface area contributed by atoms with Crippen LogP contribution in [0.2, 0.25) is 0 Å². The maximum absolute atomic E-state index is 11.7. The first-order chi connectivity index (χ1) is 11.6. The molecule has 0 spiro atoms. The Hall–Kier alpha value is -1.06. The third kappa shape index (κ3) is 6.99. The van der Waals surface area contributed by atoms with Gasteiger partial charge in [0, 0.05) is 51.6 Å². The number of likely N-dealkylation sites (tertiary alicyclic amines) is 1. The summed E-state index contributed by atoms with van der Waals surface area (Å²) in [6, 6.07) is 0.255. The highest BCUT2D eigenvalue weighted by molar-refractivity contribution is 14.0. The zero-order valence-corrected chi connectivity index (χ0v) is 17.7. The molecule has 1 saturated heterocycles. The van der Waals surface area contributed by atoms with Gasteiger partial charge in [-0.3, -0.25) is 14.6 Å². The number of halogens is 1. The molecule has 2 rings (SSSR count). The minimum atomic E-state index is 0. The Balaban J connectivity index is 0.00000312. The van der Waals surface area contributed by atoms with Crippen LogP contribution in [0.4, 0.5) is 0 Å². The number of rotatable bonds is 7. The number of hydrogen-bond donors (Lipinski definition) is 3. The molecule has 8 heteroatoms. The zero-order chi connectivity index (χ0) is 17.4. The van der Waals surface area contributed by atoms with Gasteiger partial charge in [0.1, 0.15) is 0 Å². The van der Waals surface area contributed by atoms with Gasteiger partial charge in [0.2, 0.25) is 11.8 Å². The van der Waals surface area contributed by atoms with E-state index in [0.29, 0.717) is 13.0 Å². The van der Waals surface area contributed by atoms with E-state index in [2.05, 4.69) is 20.9 Å². The van der Waals surface area contributed by atoms with E-state index in [1.54, 1.807) is 7.05 Å². The van der Waals surface area contributed by atoms with Gasteiger partial charge < -0.3 is 20.9 Å². The zero-order valence-electron chi connectivity index (χ0n) is 15.3. The Morgan fingerprint density at radius 1 is 1.16 bits per heavy atom. The van der Waals surface area contributed by atoms with Crippen molar-refractivity contribution in [2.45, 2.75) is 51.5 Å². The van der Waals surface area contributed by atoms with Crippen molar-refractivity contribution in [3.8, 4) is 0 Å². The third-order valence-electron chi connectivity index (χ3n) is 4.83. The Kier molecular flexibility index (Phi) is 10.1. The molecule has 2 amide bonds. The lowest BCUT2D eigenvalue weighted by atomic mass is 9.85. The molecule has 0 aromatic rings. The predicted octanol–water partition coefficient (Wildman–Crippen LogP) is 1.09. The Morgan fingerprint density at radius 3 is 2.48 bits per heavy atom. The fourth-order valence-electron chi connectivity index (χ4n) is 3.04. The van der Waals surface area contributed by atoms with Crippen molar-refractivity contribution >= 4 is 41.8 Å². The first-order valence-electron chi connectivity index (χ1n) is 9.16. The molecule has 7 nitrogen and oxygen atoms in total. The molecule has 0 radical (unpaired) electrons. The van der Waals surface area contributed by atoms with Crippen molar-refractivity contribution in [3.63, 3.8) is 0 Å². The molecule has 25 heavy (non-hydrogen) atoms. The van der Waals surface area contributed by atoms with Crippen molar-refractivity contribution in [1.29, 1.82) is 0 Å². The molecule has 1 heterocycles. The summed E-state index contributed by atoms with van der Waals surface area (Å²) < 4.78 is 0.